The highest BCUT2D eigenvalue weighted by Crippen LogP contribution is 2.44. The van der Waals surface area contributed by atoms with Crippen LogP contribution in [0.5, 0.6) is 0 Å². The van der Waals surface area contributed by atoms with E-state index in [0.717, 1.165) is 16.7 Å². The number of aryl methyl sites for hydroxylation is 3. The number of carbonyl (C=O) groups excluding carboxylic acids is 2. The third-order valence-electron chi connectivity index (χ3n) is 5.58. The molecule has 3 aromatic carbocycles. The first-order valence-electron chi connectivity index (χ1n) is 9.89. The molecule has 0 aromatic heterocycles. The lowest BCUT2D eigenvalue weighted by atomic mass is 9.87. The Morgan fingerprint density at radius 1 is 0.967 bits per heavy atom. The van der Waals surface area contributed by atoms with Crippen LogP contribution in [0.2, 0.25) is 0 Å². The number of hydrogen-bond acceptors (Lipinski definition) is 3. The van der Waals surface area contributed by atoms with E-state index in [1.807, 2.05) is 51.1 Å². The summed E-state index contributed by atoms with van der Waals surface area (Å²) in [5.74, 6) is -0.844. The van der Waals surface area contributed by atoms with E-state index in [4.69, 9.17) is 0 Å². The van der Waals surface area contributed by atoms with Gasteiger partial charge in [-0.15, -0.1) is 0 Å². The van der Waals surface area contributed by atoms with E-state index >= 15 is 0 Å². The van der Waals surface area contributed by atoms with E-state index in [1.165, 1.54) is 4.90 Å². The van der Waals surface area contributed by atoms with Crippen LogP contribution < -0.4 is 10.2 Å². The van der Waals surface area contributed by atoms with Crippen molar-refractivity contribution in [3.63, 3.8) is 0 Å². The molecule has 30 heavy (non-hydrogen) atoms. The quantitative estimate of drug-likeness (QED) is 0.699. The molecule has 0 saturated carbocycles. The maximum atomic E-state index is 13.4. The molecule has 0 unspecified atom stereocenters. The van der Waals surface area contributed by atoms with Crippen LogP contribution in [0.1, 0.15) is 27.8 Å². The molecule has 1 atom stereocenters. The number of aliphatic hydroxyl groups is 1. The summed E-state index contributed by atoms with van der Waals surface area (Å²) in [4.78, 5) is 27.5. The summed E-state index contributed by atoms with van der Waals surface area (Å²) < 4.78 is 0. The summed E-state index contributed by atoms with van der Waals surface area (Å²) >= 11 is 0. The maximum Gasteiger partial charge on any atom is 0.268 e. The highest BCUT2D eigenvalue weighted by atomic mass is 16.3. The van der Waals surface area contributed by atoms with Crippen LogP contribution >= 0.6 is 0 Å². The van der Waals surface area contributed by atoms with Crippen molar-refractivity contribution in [1.29, 1.82) is 0 Å². The fourth-order valence-electron chi connectivity index (χ4n) is 3.87. The van der Waals surface area contributed by atoms with Crippen molar-refractivity contribution >= 4 is 23.2 Å². The van der Waals surface area contributed by atoms with Gasteiger partial charge in [-0.05, 0) is 49.6 Å². The van der Waals surface area contributed by atoms with Crippen LogP contribution in [-0.2, 0) is 15.2 Å². The summed E-state index contributed by atoms with van der Waals surface area (Å²) in [6.07, 6.45) is 0. The number of nitrogens with zero attached hydrogens (tertiary/aromatic N) is 1. The molecule has 0 saturated heterocycles. The molecule has 1 aliphatic heterocycles. The van der Waals surface area contributed by atoms with Crippen molar-refractivity contribution in [3.8, 4) is 0 Å². The smallest absolute Gasteiger partial charge is 0.268 e. The van der Waals surface area contributed by atoms with Gasteiger partial charge in [-0.3, -0.25) is 14.5 Å². The SMILES string of the molecule is Cc1ccc([C@@]2(O)C(=O)N(CC(=O)Nc3cc(C)ccc3C)c3ccccc32)cc1. The first-order valence-corrected chi connectivity index (χ1v) is 9.89. The topological polar surface area (TPSA) is 69.6 Å². The van der Waals surface area contributed by atoms with Crippen LogP contribution in [0.4, 0.5) is 11.4 Å². The molecular weight excluding hydrogens is 376 g/mol. The second kappa shape index (κ2) is 7.43. The lowest BCUT2D eigenvalue weighted by Gasteiger charge is -2.24. The number of nitrogens with one attached hydrogen (secondary N) is 1. The number of fused-ring (bicyclic) bond motifs is 1. The molecule has 4 rings (SSSR count). The minimum absolute atomic E-state index is 0.183. The van der Waals surface area contributed by atoms with Gasteiger partial charge in [-0.2, -0.15) is 0 Å². The largest absolute Gasteiger partial charge is 0.372 e. The molecule has 2 amide bonds. The Bertz CT molecular complexity index is 1140. The minimum Gasteiger partial charge on any atom is -0.372 e. The van der Waals surface area contributed by atoms with E-state index in [1.54, 1.807) is 36.4 Å². The Hall–Kier alpha value is -3.44. The molecule has 1 aliphatic rings. The molecular formula is C25H24N2O3. The summed E-state index contributed by atoms with van der Waals surface area (Å²) in [5, 5.41) is 14.4. The summed E-state index contributed by atoms with van der Waals surface area (Å²) in [6, 6.07) is 20.1. The average molecular weight is 400 g/mol. The van der Waals surface area contributed by atoms with Crippen LogP contribution in [0.3, 0.4) is 0 Å². The number of anilines is 2. The van der Waals surface area contributed by atoms with Gasteiger partial charge in [0.25, 0.3) is 5.91 Å². The predicted molar refractivity (Wildman–Crippen MR) is 118 cm³/mol. The Morgan fingerprint density at radius 3 is 2.37 bits per heavy atom. The molecule has 0 bridgehead atoms. The van der Waals surface area contributed by atoms with Gasteiger partial charge in [0.2, 0.25) is 5.91 Å². The number of rotatable bonds is 4. The fraction of sp³-hybridized carbons (Fsp3) is 0.200. The van der Waals surface area contributed by atoms with Crippen LogP contribution in [0, 0.1) is 20.8 Å². The molecule has 0 fully saturated rings. The fourth-order valence-corrected chi connectivity index (χ4v) is 3.87. The van der Waals surface area contributed by atoms with Crippen LogP contribution in [-0.4, -0.2) is 23.5 Å². The molecule has 5 nitrogen and oxygen atoms in total. The molecule has 0 aliphatic carbocycles. The highest BCUT2D eigenvalue weighted by Gasteiger charge is 2.51. The first-order chi connectivity index (χ1) is 14.3. The third-order valence-corrected chi connectivity index (χ3v) is 5.58. The van der Waals surface area contributed by atoms with Gasteiger partial charge in [0.15, 0.2) is 5.60 Å². The van der Waals surface area contributed by atoms with Gasteiger partial charge in [-0.1, -0.05) is 60.2 Å². The normalized spacial score (nSPS) is 17.7. The first kappa shape index (κ1) is 19.9. The molecule has 1 heterocycles. The summed E-state index contributed by atoms with van der Waals surface area (Å²) in [6.45, 7) is 5.64. The highest BCUT2D eigenvalue weighted by molar-refractivity contribution is 6.12. The molecule has 2 N–H and O–H groups in total. The molecule has 152 valence electrons. The van der Waals surface area contributed by atoms with Crippen molar-refractivity contribution in [2.24, 2.45) is 0 Å². The Balaban J connectivity index is 1.66. The van der Waals surface area contributed by atoms with E-state index in [9.17, 15) is 14.7 Å². The minimum atomic E-state index is -1.82. The van der Waals surface area contributed by atoms with Crippen LogP contribution in [0.15, 0.2) is 66.7 Å². The van der Waals surface area contributed by atoms with E-state index in [-0.39, 0.29) is 12.5 Å². The van der Waals surface area contributed by atoms with E-state index < -0.39 is 11.5 Å². The van der Waals surface area contributed by atoms with Gasteiger partial charge in [0.05, 0.1) is 5.69 Å². The Labute approximate surface area is 176 Å². The van der Waals surface area contributed by atoms with Crippen molar-refractivity contribution in [3.05, 3.63) is 94.5 Å². The number of para-hydroxylation sites is 1. The number of amides is 2. The number of benzene rings is 3. The van der Waals surface area contributed by atoms with Gasteiger partial charge in [0.1, 0.15) is 6.54 Å². The van der Waals surface area contributed by atoms with Crippen molar-refractivity contribution in [2.45, 2.75) is 26.4 Å². The molecule has 0 radical (unpaired) electrons. The molecule has 3 aromatic rings. The van der Waals surface area contributed by atoms with E-state index in [0.29, 0.717) is 22.5 Å². The maximum absolute atomic E-state index is 13.4. The average Bonchev–Trinajstić information content (AvgIpc) is 2.94. The second-order valence-electron chi connectivity index (χ2n) is 7.85. The number of hydrogen-bond donors (Lipinski definition) is 2. The zero-order valence-electron chi connectivity index (χ0n) is 17.3. The third kappa shape index (κ3) is 3.27. The van der Waals surface area contributed by atoms with Gasteiger partial charge < -0.3 is 10.4 Å². The summed E-state index contributed by atoms with van der Waals surface area (Å²) in [7, 11) is 0. The predicted octanol–water partition coefficient (Wildman–Crippen LogP) is 3.83. The Kier molecular flexibility index (Phi) is 4.92. The zero-order valence-corrected chi connectivity index (χ0v) is 17.3. The second-order valence-corrected chi connectivity index (χ2v) is 7.85. The van der Waals surface area contributed by atoms with Gasteiger partial charge in [-0.25, -0.2) is 0 Å². The monoisotopic (exact) mass is 400 g/mol. The van der Waals surface area contributed by atoms with Gasteiger partial charge >= 0.3 is 0 Å². The van der Waals surface area contributed by atoms with Crippen molar-refractivity contribution < 1.29 is 14.7 Å². The molecule has 0 spiro atoms. The standard InChI is InChI=1S/C25H24N2O3/c1-16-9-12-19(13-10-16)25(30)20-6-4-5-7-22(20)27(24(25)29)15-23(28)26-21-14-17(2)8-11-18(21)3/h4-14,30H,15H2,1-3H3,(H,26,28)/t25-/m0/s1. The van der Waals surface area contributed by atoms with Crippen LogP contribution in [0.25, 0.3) is 0 Å². The number of carbonyl (C=O) groups is 2. The van der Waals surface area contributed by atoms with E-state index in [2.05, 4.69) is 5.32 Å². The lowest BCUT2D eigenvalue weighted by Crippen LogP contribution is -2.44. The Morgan fingerprint density at radius 2 is 1.63 bits per heavy atom. The van der Waals surface area contributed by atoms with Crippen molar-refractivity contribution in [1.82, 2.24) is 0 Å². The lowest BCUT2D eigenvalue weighted by molar-refractivity contribution is -0.133. The van der Waals surface area contributed by atoms with Crippen molar-refractivity contribution in [2.75, 3.05) is 16.8 Å². The van der Waals surface area contributed by atoms with Gasteiger partial charge in [0, 0.05) is 11.3 Å². The molecule has 5 heteroatoms. The summed E-state index contributed by atoms with van der Waals surface area (Å²) in [5.41, 5.74) is 3.43. The zero-order chi connectivity index (χ0) is 21.5.